The Hall–Kier alpha value is -3.14. The van der Waals surface area contributed by atoms with E-state index in [1.54, 1.807) is 24.4 Å². The Labute approximate surface area is 150 Å². The lowest BCUT2D eigenvalue weighted by Crippen LogP contribution is -2.31. The van der Waals surface area contributed by atoms with Crippen molar-refractivity contribution in [2.24, 2.45) is 5.16 Å². The maximum Gasteiger partial charge on any atom is 0.269 e. The molecule has 1 aromatic heterocycles. The van der Waals surface area contributed by atoms with E-state index in [1.807, 2.05) is 25.3 Å². The first-order chi connectivity index (χ1) is 12.3. The van der Waals surface area contributed by atoms with E-state index in [2.05, 4.69) is 16.5 Å². The van der Waals surface area contributed by atoms with E-state index in [9.17, 15) is 9.18 Å². The Morgan fingerprint density at radius 3 is 2.85 bits per heavy atom. The van der Waals surface area contributed by atoms with E-state index in [1.165, 1.54) is 12.1 Å². The van der Waals surface area contributed by atoms with Crippen molar-refractivity contribution in [3.8, 4) is 6.07 Å². The van der Waals surface area contributed by atoms with Gasteiger partial charge in [0.2, 0.25) is 6.10 Å². The lowest BCUT2D eigenvalue weighted by molar-refractivity contribution is -0.125. The van der Waals surface area contributed by atoms with Gasteiger partial charge in [-0.3, -0.25) is 4.79 Å². The second-order valence-electron chi connectivity index (χ2n) is 7.10. The van der Waals surface area contributed by atoms with Gasteiger partial charge in [-0.25, -0.2) is 4.39 Å². The van der Waals surface area contributed by atoms with Crippen LogP contribution in [0, 0.1) is 17.1 Å². The number of anilines is 1. The van der Waals surface area contributed by atoms with Crippen LogP contribution in [0.2, 0.25) is 0 Å². The summed E-state index contributed by atoms with van der Waals surface area (Å²) in [6.07, 6.45) is 1.14. The minimum absolute atomic E-state index is 0.247. The predicted molar refractivity (Wildman–Crippen MR) is 95.2 cm³/mol. The molecule has 134 valence electrons. The number of oxime groups is 1. The number of nitrogens with zero attached hydrogens (tertiary/aromatic N) is 3. The summed E-state index contributed by atoms with van der Waals surface area (Å²) in [4.78, 5) is 17.8. The molecule has 1 aliphatic heterocycles. The van der Waals surface area contributed by atoms with Crippen molar-refractivity contribution in [2.75, 3.05) is 5.32 Å². The zero-order chi connectivity index (χ0) is 18.9. The third-order valence-corrected chi connectivity index (χ3v) is 4.04. The average molecular weight is 354 g/mol. The minimum Gasteiger partial charge on any atom is -0.382 e. The van der Waals surface area contributed by atoms with Crippen LogP contribution >= 0.6 is 0 Å². The number of amides is 1. The van der Waals surface area contributed by atoms with Crippen molar-refractivity contribution in [1.82, 2.24) is 4.57 Å². The molecule has 0 bridgehead atoms. The molecule has 0 aliphatic carbocycles. The van der Waals surface area contributed by atoms with Gasteiger partial charge in [-0.2, -0.15) is 5.26 Å². The summed E-state index contributed by atoms with van der Waals surface area (Å²) < 4.78 is 15.2. The molecule has 1 N–H and O–H groups in total. The molecule has 0 spiro atoms. The minimum atomic E-state index is -0.804. The van der Waals surface area contributed by atoms with Crippen LogP contribution in [-0.2, 0) is 15.2 Å². The molecule has 1 atom stereocenters. The highest BCUT2D eigenvalue weighted by molar-refractivity contribution is 6.06. The van der Waals surface area contributed by atoms with Crippen LogP contribution < -0.4 is 5.32 Å². The Kier molecular flexibility index (Phi) is 4.51. The van der Waals surface area contributed by atoms with Crippen LogP contribution in [0.3, 0.4) is 0 Å². The normalized spacial score (nSPS) is 16.6. The maximum atomic E-state index is 13.4. The summed E-state index contributed by atoms with van der Waals surface area (Å²) in [5.41, 5.74) is 1.26. The quantitative estimate of drug-likeness (QED) is 0.917. The molecule has 0 radical (unpaired) electrons. The molecule has 0 unspecified atom stereocenters. The number of nitriles is 1. The molecule has 0 saturated heterocycles. The van der Waals surface area contributed by atoms with Crippen molar-refractivity contribution < 1.29 is 14.0 Å². The highest BCUT2D eigenvalue weighted by atomic mass is 19.1. The predicted octanol–water partition coefficient (Wildman–Crippen LogP) is 3.39. The van der Waals surface area contributed by atoms with E-state index >= 15 is 0 Å². The molecule has 7 heteroatoms. The van der Waals surface area contributed by atoms with Crippen molar-refractivity contribution in [2.45, 2.75) is 38.8 Å². The van der Waals surface area contributed by atoms with Crippen LogP contribution in [0.5, 0.6) is 0 Å². The van der Waals surface area contributed by atoms with Gasteiger partial charge in [0.1, 0.15) is 17.7 Å². The number of benzene rings is 1. The van der Waals surface area contributed by atoms with Crippen molar-refractivity contribution >= 4 is 17.4 Å². The van der Waals surface area contributed by atoms with Gasteiger partial charge in [0.25, 0.3) is 5.91 Å². The van der Waals surface area contributed by atoms with Gasteiger partial charge in [-0.05, 0) is 39.0 Å². The largest absolute Gasteiger partial charge is 0.382 e. The lowest BCUT2D eigenvalue weighted by Gasteiger charge is -2.24. The van der Waals surface area contributed by atoms with Crippen LogP contribution in [-0.4, -0.2) is 22.3 Å². The number of hydrogen-bond acceptors (Lipinski definition) is 4. The fourth-order valence-corrected chi connectivity index (χ4v) is 2.74. The fraction of sp³-hybridized carbons (Fsp3) is 0.316. The van der Waals surface area contributed by atoms with Crippen LogP contribution in [0.25, 0.3) is 0 Å². The summed E-state index contributed by atoms with van der Waals surface area (Å²) in [5.74, 6) is -0.222. The summed E-state index contributed by atoms with van der Waals surface area (Å²) in [6.45, 7) is 5.92. The Bertz CT molecular complexity index is 918. The van der Waals surface area contributed by atoms with Crippen LogP contribution in [0.1, 0.15) is 38.3 Å². The lowest BCUT2D eigenvalue weighted by atomic mass is 10.0. The third kappa shape index (κ3) is 3.59. The maximum absolute atomic E-state index is 13.4. The van der Waals surface area contributed by atoms with Gasteiger partial charge in [-0.1, -0.05) is 17.3 Å². The zero-order valence-corrected chi connectivity index (χ0v) is 14.8. The van der Waals surface area contributed by atoms with Crippen molar-refractivity contribution in [3.05, 3.63) is 53.5 Å². The summed E-state index contributed by atoms with van der Waals surface area (Å²) in [5, 5.41) is 15.8. The van der Waals surface area contributed by atoms with Gasteiger partial charge in [0.05, 0.1) is 11.3 Å². The molecule has 2 aromatic rings. The summed E-state index contributed by atoms with van der Waals surface area (Å²) >= 11 is 0. The van der Waals surface area contributed by atoms with Gasteiger partial charge >= 0.3 is 0 Å². The molecule has 2 heterocycles. The first-order valence-corrected chi connectivity index (χ1v) is 8.20. The van der Waals surface area contributed by atoms with Gasteiger partial charge < -0.3 is 14.7 Å². The van der Waals surface area contributed by atoms with E-state index in [-0.39, 0.29) is 23.7 Å². The molecular weight excluding hydrogens is 335 g/mol. The van der Waals surface area contributed by atoms with Crippen LogP contribution in [0.15, 0.2) is 41.7 Å². The number of halogens is 1. The Morgan fingerprint density at radius 2 is 2.19 bits per heavy atom. The Morgan fingerprint density at radius 1 is 1.42 bits per heavy atom. The topological polar surface area (TPSA) is 79.4 Å². The molecule has 1 aliphatic rings. The second kappa shape index (κ2) is 6.64. The molecule has 0 fully saturated rings. The van der Waals surface area contributed by atoms with E-state index in [4.69, 9.17) is 10.1 Å². The standard InChI is InChI=1S/C19H19FN4O2/c1-19(2,3)24-11-12(10-21)7-17(24)22-18(25)16-9-15(23-26-16)13-5-4-6-14(20)8-13/h4-8,11,16H,9H2,1-3H3,(H,22,25)/t16-/m1/s1. The summed E-state index contributed by atoms with van der Waals surface area (Å²) in [6, 6.07) is 9.69. The number of carbonyl (C=O) groups excluding carboxylic acids is 1. The number of rotatable bonds is 3. The smallest absolute Gasteiger partial charge is 0.269 e. The van der Waals surface area contributed by atoms with Crippen molar-refractivity contribution in [3.63, 3.8) is 0 Å². The first kappa shape index (κ1) is 17.7. The highest BCUT2D eigenvalue weighted by Gasteiger charge is 2.30. The first-order valence-electron chi connectivity index (χ1n) is 8.20. The highest BCUT2D eigenvalue weighted by Crippen LogP contribution is 2.25. The molecule has 26 heavy (non-hydrogen) atoms. The molecular formula is C19H19FN4O2. The molecule has 6 nitrogen and oxygen atoms in total. The number of hydrogen-bond donors (Lipinski definition) is 1. The van der Waals surface area contributed by atoms with E-state index < -0.39 is 6.10 Å². The second-order valence-corrected chi connectivity index (χ2v) is 7.10. The van der Waals surface area contributed by atoms with Gasteiger partial charge in [-0.15, -0.1) is 0 Å². The fourth-order valence-electron chi connectivity index (χ4n) is 2.74. The molecule has 3 rings (SSSR count). The van der Waals surface area contributed by atoms with Crippen molar-refractivity contribution in [1.29, 1.82) is 5.26 Å². The van der Waals surface area contributed by atoms with Gasteiger partial charge in [0.15, 0.2) is 0 Å². The average Bonchev–Trinajstić information content (AvgIpc) is 3.21. The zero-order valence-electron chi connectivity index (χ0n) is 14.8. The van der Waals surface area contributed by atoms with E-state index in [0.29, 0.717) is 22.7 Å². The molecule has 1 amide bonds. The number of aromatic nitrogens is 1. The monoisotopic (exact) mass is 354 g/mol. The third-order valence-electron chi connectivity index (χ3n) is 4.04. The Balaban J connectivity index is 1.73. The number of carbonyl (C=O) groups is 1. The molecule has 0 saturated carbocycles. The SMILES string of the molecule is CC(C)(C)n1cc(C#N)cc1NC(=O)[C@H]1CC(c2cccc(F)c2)=NO1. The summed E-state index contributed by atoms with van der Waals surface area (Å²) in [7, 11) is 0. The van der Waals surface area contributed by atoms with E-state index in [0.717, 1.165) is 0 Å². The molecule has 1 aromatic carbocycles. The van der Waals surface area contributed by atoms with Crippen LogP contribution in [0.4, 0.5) is 10.2 Å². The van der Waals surface area contributed by atoms with Gasteiger partial charge in [0, 0.05) is 23.7 Å². The number of nitrogens with one attached hydrogen (secondary N) is 1.